The molecule has 6 rings (SSSR count). The van der Waals surface area contributed by atoms with E-state index >= 15 is 0 Å². The summed E-state index contributed by atoms with van der Waals surface area (Å²) in [7, 11) is 3.96. The SMILES string of the molecule is COC1CCN(C)CC1.O=Cc1ccc(-c2ccc3nccc(Nc4ccc5scnc5c4)c3c2)c(F)c1. The molecule has 6 nitrogen and oxygen atoms in total. The summed E-state index contributed by atoms with van der Waals surface area (Å²) in [5.74, 6) is -0.429. The number of hydrogen-bond donors (Lipinski definition) is 1. The minimum atomic E-state index is -0.429. The molecule has 1 aliphatic rings. The van der Waals surface area contributed by atoms with Gasteiger partial charge in [-0.3, -0.25) is 9.78 Å². The molecule has 0 unspecified atom stereocenters. The predicted octanol–water partition coefficient (Wildman–Crippen LogP) is 6.93. The second-order valence-corrected chi connectivity index (χ2v) is 10.2. The van der Waals surface area contributed by atoms with Crippen molar-refractivity contribution in [3.63, 3.8) is 0 Å². The molecule has 0 radical (unpaired) electrons. The standard InChI is InChI=1S/C23H14FN3OS.C7H15NO/c24-19-9-14(12-28)1-4-17(19)15-2-5-20-18(10-15)21(7-8-25-20)27-16-3-6-23-22(11-16)26-13-29-23;1-8-5-3-7(9-2)4-6-8/h1-13H,(H,25,27);7H,3-6H2,1-2H3. The minimum absolute atomic E-state index is 0.313. The van der Waals surface area contributed by atoms with Crippen LogP contribution in [0, 0.1) is 5.82 Å². The van der Waals surface area contributed by atoms with Crippen molar-refractivity contribution in [1.29, 1.82) is 0 Å². The molecule has 1 N–H and O–H groups in total. The Labute approximate surface area is 225 Å². The molecule has 0 spiro atoms. The summed E-state index contributed by atoms with van der Waals surface area (Å²) in [6.07, 6.45) is 5.31. The van der Waals surface area contributed by atoms with Crippen LogP contribution in [0.25, 0.3) is 32.2 Å². The number of piperidine rings is 1. The van der Waals surface area contributed by atoms with Crippen molar-refractivity contribution in [2.24, 2.45) is 0 Å². The average molecular weight is 529 g/mol. The summed E-state index contributed by atoms with van der Waals surface area (Å²) in [6.45, 7) is 2.39. The fourth-order valence-electron chi connectivity index (χ4n) is 4.57. The monoisotopic (exact) mass is 528 g/mol. The number of ether oxygens (including phenoxy) is 1. The maximum atomic E-state index is 14.5. The van der Waals surface area contributed by atoms with Crippen LogP contribution in [-0.2, 0) is 4.74 Å². The van der Waals surface area contributed by atoms with Crippen LogP contribution in [0.15, 0.2) is 72.4 Å². The highest BCUT2D eigenvalue weighted by molar-refractivity contribution is 7.16. The molecule has 1 saturated heterocycles. The fraction of sp³-hybridized carbons (Fsp3) is 0.233. The van der Waals surface area contributed by atoms with Gasteiger partial charge < -0.3 is 15.0 Å². The Balaban J connectivity index is 0.000000278. The van der Waals surface area contributed by atoms with Crippen molar-refractivity contribution in [3.8, 4) is 11.1 Å². The first kappa shape index (κ1) is 25.9. The van der Waals surface area contributed by atoms with Gasteiger partial charge in [0.2, 0.25) is 0 Å². The molecule has 0 atom stereocenters. The fourth-order valence-corrected chi connectivity index (χ4v) is 5.23. The van der Waals surface area contributed by atoms with Crippen molar-refractivity contribution in [2.75, 3.05) is 32.6 Å². The zero-order valence-corrected chi connectivity index (χ0v) is 22.2. The van der Waals surface area contributed by atoms with Gasteiger partial charge in [-0.05, 0) is 67.9 Å². The van der Waals surface area contributed by atoms with Crippen molar-refractivity contribution < 1.29 is 13.9 Å². The largest absolute Gasteiger partial charge is 0.381 e. The molecule has 1 fully saturated rings. The number of aldehydes is 1. The summed E-state index contributed by atoms with van der Waals surface area (Å²) in [6, 6.07) is 18.0. The molecular weight excluding hydrogens is 499 g/mol. The normalized spacial score (nSPS) is 14.3. The molecular formula is C30H29FN4O2S. The molecule has 5 aromatic rings. The van der Waals surface area contributed by atoms with Gasteiger partial charge in [-0.25, -0.2) is 9.37 Å². The molecule has 38 heavy (non-hydrogen) atoms. The number of anilines is 2. The Morgan fingerprint density at radius 3 is 2.63 bits per heavy atom. The van der Waals surface area contributed by atoms with E-state index in [9.17, 15) is 9.18 Å². The van der Waals surface area contributed by atoms with Gasteiger partial charge in [-0.15, -0.1) is 11.3 Å². The van der Waals surface area contributed by atoms with Gasteiger partial charge >= 0.3 is 0 Å². The molecule has 0 saturated carbocycles. The lowest BCUT2D eigenvalue weighted by atomic mass is 10.0. The van der Waals surface area contributed by atoms with E-state index in [0.717, 1.165) is 38.1 Å². The lowest BCUT2D eigenvalue weighted by molar-refractivity contribution is 0.0484. The highest BCUT2D eigenvalue weighted by Gasteiger charge is 2.14. The van der Waals surface area contributed by atoms with Crippen LogP contribution in [0.4, 0.5) is 15.8 Å². The summed E-state index contributed by atoms with van der Waals surface area (Å²) >= 11 is 1.60. The number of carbonyl (C=O) groups is 1. The minimum Gasteiger partial charge on any atom is -0.381 e. The Bertz CT molecular complexity index is 1560. The third-order valence-corrected chi connectivity index (χ3v) is 7.60. The van der Waals surface area contributed by atoms with Gasteiger partial charge in [-0.2, -0.15) is 0 Å². The van der Waals surface area contributed by atoms with Crippen LogP contribution in [0.5, 0.6) is 0 Å². The third kappa shape index (κ3) is 5.88. The number of fused-ring (bicyclic) bond motifs is 2. The molecule has 2 aromatic heterocycles. The van der Waals surface area contributed by atoms with Crippen molar-refractivity contribution in [1.82, 2.24) is 14.9 Å². The number of nitrogens with one attached hydrogen (secondary N) is 1. The molecule has 8 heteroatoms. The molecule has 194 valence electrons. The summed E-state index contributed by atoms with van der Waals surface area (Å²) in [5, 5.41) is 4.30. The van der Waals surface area contributed by atoms with E-state index in [4.69, 9.17) is 4.74 Å². The number of carbonyl (C=O) groups excluding carboxylic acids is 1. The Morgan fingerprint density at radius 1 is 1.03 bits per heavy atom. The molecule has 3 heterocycles. The number of rotatable bonds is 5. The maximum absolute atomic E-state index is 14.5. The molecule has 1 aliphatic heterocycles. The average Bonchev–Trinajstić information content (AvgIpc) is 3.42. The van der Waals surface area contributed by atoms with Crippen molar-refractivity contribution in [3.05, 3.63) is 83.8 Å². The van der Waals surface area contributed by atoms with Crippen molar-refractivity contribution in [2.45, 2.75) is 18.9 Å². The molecule has 0 amide bonds. The zero-order chi connectivity index (χ0) is 26.5. The van der Waals surface area contributed by atoms with Gasteiger partial charge in [0.05, 0.1) is 27.3 Å². The summed E-state index contributed by atoms with van der Waals surface area (Å²) in [5.41, 5.74) is 6.84. The van der Waals surface area contributed by atoms with E-state index in [-0.39, 0.29) is 0 Å². The van der Waals surface area contributed by atoms with Crippen LogP contribution < -0.4 is 5.32 Å². The first-order valence-corrected chi connectivity index (χ1v) is 13.4. The predicted molar refractivity (Wildman–Crippen MR) is 153 cm³/mol. The zero-order valence-electron chi connectivity index (χ0n) is 21.4. The van der Waals surface area contributed by atoms with E-state index in [1.54, 1.807) is 36.8 Å². The van der Waals surface area contributed by atoms with Crippen molar-refractivity contribution >= 4 is 50.1 Å². The molecule has 0 bridgehead atoms. The smallest absolute Gasteiger partial charge is 0.150 e. The van der Waals surface area contributed by atoms with E-state index in [2.05, 4.69) is 27.2 Å². The quantitative estimate of drug-likeness (QED) is 0.250. The van der Waals surface area contributed by atoms with Crippen LogP contribution >= 0.6 is 11.3 Å². The van der Waals surface area contributed by atoms with Gasteiger partial charge in [0.15, 0.2) is 0 Å². The first-order chi connectivity index (χ1) is 18.5. The number of likely N-dealkylation sites (tertiary alicyclic amines) is 1. The lowest BCUT2D eigenvalue weighted by Gasteiger charge is -2.27. The van der Waals surface area contributed by atoms with Crippen LogP contribution in [0.3, 0.4) is 0 Å². The number of pyridine rings is 1. The first-order valence-electron chi connectivity index (χ1n) is 12.5. The number of benzene rings is 3. The van der Waals surface area contributed by atoms with E-state index in [0.29, 0.717) is 23.5 Å². The number of aromatic nitrogens is 2. The summed E-state index contributed by atoms with van der Waals surface area (Å²) in [4.78, 5) is 22.0. The van der Waals surface area contributed by atoms with E-state index in [1.807, 2.05) is 48.0 Å². The second-order valence-electron chi connectivity index (χ2n) is 9.35. The molecule has 0 aliphatic carbocycles. The van der Waals surface area contributed by atoms with E-state index in [1.165, 1.54) is 32.0 Å². The third-order valence-electron chi connectivity index (χ3n) is 6.79. The Morgan fingerprint density at radius 2 is 1.87 bits per heavy atom. The maximum Gasteiger partial charge on any atom is 0.150 e. The number of thiazole rings is 1. The summed E-state index contributed by atoms with van der Waals surface area (Å²) < 4.78 is 20.8. The van der Waals surface area contributed by atoms with Crippen LogP contribution in [0.2, 0.25) is 0 Å². The topological polar surface area (TPSA) is 67.3 Å². The van der Waals surface area contributed by atoms with Gasteiger partial charge in [0.1, 0.15) is 12.1 Å². The van der Waals surface area contributed by atoms with E-state index < -0.39 is 5.82 Å². The van der Waals surface area contributed by atoms with Gasteiger partial charge in [-0.1, -0.05) is 18.2 Å². The van der Waals surface area contributed by atoms with Crippen LogP contribution in [0.1, 0.15) is 23.2 Å². The van der Waals surface area contributed by atoms with Crippen LogP contribution in [-0.4, -0.2) is 54.5 Å². The number of nitrogens with zero attached hydrogens (tertiary/aromatic N) is 3. The van der Waals surface area contributed by atoms with Gasteiger partial charge in [0.25, 0.3) is 0 Å². The Kier molecular flexibility index (Phi) is 8.03. The molecule has 3 aromatic carbocycles. The lowest BCUT2D eigenvalue weighted by Crippen LogP contribution is -2.33. The number of hydrogen-bond acceptors (Lipinski definition) is 7. The Hall–Kier alpha value is -3.72. The number of methoxy groups -OCH3 is 1. The van der Waals surface area contributed by atoms with Gasteiger partial charge in [0, 0.05) is 54.3 Å². The highest BCUT2D eigenvalue weighted by Crippen LogP contribution is 2.32. The number of halogens is 1. The highest BCUT2D eigenvalue weighted by atomic mass is 32.1. The second kappa shape index (κ2) is 11.8.